The first kappa shape index (κ1) is 61.1. The van der Waals surface area contributed by atoms with Gasteiger partial charge in [-0.15, -0.1) is 0 Å². The summed E-state index contributed by atoms with van der Waals surface area (Å²) in [5, 5.41) is 0. The first-order chi connectivity index (χ1) is 32.0. The zero-order chi connectivity index (χ0) is 47.2. The van der Waals surface area contributed by atoms with E-state index in [2.05, 4.69) is 130 Å². The largest absolute Gasteiger partial charge is 0.462 e. The maximum absolute atomic E-state index is 12.8. The molecule has 0 N–H and O–H groups in total. The number of hydrogen-bond acceptors (Lipinski definition) is 6. The van der Waals surface area contributed by atoms with E-state index in [-0.39, 0.29) is 37.5 Å². The Balaban J connectivity index is 4.52. The van der Waals surface area contributed by atoms with Gasteiger partial charge in [-0.05, 0) is 109 Å². The summed E-state index contributed by atoms with van der Waals surface area (Å²) in [6.07, 6.45) is 70.7. The number of esters is 3. The average Bonchev–Trinajstić information content (AvgIpc) is 3.30. The van der Waals surface area contributed by atoms with Crippen LogP contribution < -0.4 is 0 Å². The van der Waals surface area contributed by atoms with E-state index >= 15 is 0 Å². The minimum absolute atomic E-state index is 0.111. The smallest absolute Gasteiger partial charge is 0.306 e. The van der Waals surface area contributed by atoms with E-state index in [1.807, 2.05) is 0 Å². The highest BCUT2D eigenvalue weighted by atomic mass is 16.6. The maximum Gasteiger partial charge on any atom is 0.306 e. The Labute approximate surface area is 400 Å². The summed E-state index contributed by atoms with van der Waals surface area (Å²) in [6.45, 7) is 6.37. The third-order valence-corrected chi connectivity index (χ3v) is 10.8. The fourth-order valence-corrected chi connectivity index (χ4v) is 6.82. The zero-order valence-electron chi connectivity index (χ0n) is 42.0. The molecule has 0 rings (SSSR count). The van der Waals surface area contributed by atoms with Gasteiger partial charge >= 0.3 is 17.9 Å². The fourth-order valence-electron chi connectivity index (χ4n) is 6.82. The quantitative estimate of drug-likeness (QED) is 0.0199. The molecule has 1 atom stereocenters. The van der Waals surface area contributed by atoms with Gasteiger partial charge in [0.25, 0.3) is 0 Å². The van der Waals surface area contributed by atoms with Gasteiger partial charge in [0.1, 0.15) is 13.2 Å². The Bertz CT molecular complexity index is 1360. The predicted octanol–water partition coefficient (Wildman–Crippen LogP) is 17.5. The van der Waals surface area contributed by atoms with E-state index in [1.165, 1.54) is 77.0 Å². The maximum atomic E-state index is 12.8. The molecule has 0 spiro atoms. The van der Waals surface area contributed by atoms with Crippen molar-refractivity contribution in [2.45, 2.75) is 232 Å². The third-order valence-electron chi connectivity index (χ3n) is 10.8. The van der Waals surface area contributed by atoms with Crippen LogP contribution in [-0.2, 0) is 28.6 Å². The predicted molar refractivity (Wildman–Crippen MR) is 279 cm³/mol. The van der Waals surface area contributed by atoms with Crippen LogP contribution in [0, 0.1) is 0 Å². The Morgan fingerprint density at radius 2 is 0.677 bits per heavy atom. The van der Waals surface area contributed by atoms with Crippen LogP contribution in [0.15, 0.2) is 109 Å². The lowest BCUT2D eigenvalue weighted by atomic mass is 10.1. The van der Waals surface area contributed by atoms with Crippen LogP contribution in [0.3, 0.4) is 0 Å². The molecule has 1 unspecified atom stereocenters. The molecule has 0 radical (unpaired) electrons. The third kappa shape index (κ3) is 50.9. The Morgan fingerprint density at radius 1 is 0.338 bits per heavy atom. The lowest BCUT2D eigenvalue weighted by Gasteiger charge is -2.18. The van der Waals surface area contributed by atoms with Crippen molar-refractivity contribution in [3.63, 3.8) is 0 Å². The average molecular weight is 901 g/mol. The lowest BCUT2D eigenvalue weighted by Crippen LogP contribution is -2.30. The van der Waals surface area contributed by atoms with Crippen molar-refractivity contribution in [1.82, 2.24) is 0 Å². The SMILES string of the molecule is CC\C=C/C=C\C=C/CCCCCCCC(=O)OCC(COC(=O)CCC/C=C\C/C=C\C/C=C\C/C=C\CCCCC)OC(=O)CCCCCCCCC/C=C\C/C=C\CCCCC. The van der Waals surface area contributed by atoms with Crippen molar-refractivity contribution in [1.29, 1.82) is 0 Å². The molecule has 0 fully saturated rings. The molecule has 0 aromatic heterocycles. The molecule has 0 amide bonds. The molecular weight excluding hydrogens is 805 g/mol. The molecular formula is C59H96O6. The first-order valence-electron chi connectivity index (χ1n) is 26.4. The molecule has 0 saturated heterocycles. The summed E-state index contributed by atoms with van der Waals surface area (Å²) in [4.78, 5) is 38.0. The summed E-state index contributed by atoms with van der Waals surface area (Å²) in [5.41, 5.74) is 0. The van der Waals surface area contributed by atoms with Crippen LogP contribution in [0.4, 0.5) is 0 Å². The van der Waals surface area contributed by atoms with Gasteiger partial charge < -0.3 is 14.2 Å². The normalized spacial score (nSPS) is 13.0. The highest BCUT2D eigenvalue weighted by Crippen LogP contribution is 2.13. The summed E-state index contributed by atoms with van der Waals surface area (Å²) >= 11 is 0. The van der Waals surface area contributed by atoms with Gasteiger partial charge in [0.05, 0.1) is 0 Å². The van der Waals surface area contributed by atoms with E-state index < -0.39 is 6.10 Å². The molecule has 0 heterocycles. The van der Waals surface area contributed by atoms with Crippen LogP contribution in [0.2, 0.25) is 0 Å². The molecule has 0 bridgehead atoms. The molecule has 0 aromatic rings. The number of rotatable bonds is 46. The highest BCUT2D eigenvalue weighted by molar-refractivity contribution is 5.71. The first-order valence-corrected chi connectivity index (χ1v) is 26.4. The fraction of sp³-hybridized carbons (Fsp3) is 0.644. The topological polar surface area (TPSA) is 78.9 Å². The Morgan fingerprint density at radius 3 is 1.12 bits per heavy atom. The number of unbranched alkanes of at least 4 members (excludes halogenated alkanes) is 19. The molecule has 0 aromatic carbocycles. The summed E-state index contributed by atoms with van der Waals surface area (Å²) in [6, 6.07) is 0. The summed E-state index contributed by atoms with van der Waals surface area (Å²) < 4.78 is 16.7. The molecule has 0 saturated carbocycles. The monoisotopic (exact) mass is 901 g/mol. The molecule has 368 valence electrons. The van der Waals surface area contributed by atoms with Crippen LogP contribution in [0.5, 0.6) is 0 Å². The minimum Gasteiger partial charge on any atom is -0.462 e. The van der Waals surface area contributed by atoms with Crippen molar-refractivity contribution in [2.75, 3.05) is 13.2 Å². The zero-order valence-corrected chi connectivity index (χ0v) is 42.0. The lowest BCUT2D eigenvalue weighted by molar-refractivity contribution is -0.167. The second kappa shape index (κ2) is 52.7. The van der Waals surface area contributed by atoms with Gasteiger partial charge in [0, 0.05) is 19.3 Å². The van der Waals surface area contributed by atoms with Crippen molar-refractivity contribution in [3.8, 4) is 0 Å². The summed E-state index contributed by atoms with van der Waals surface area (Å²) in [5.74, 6) is -1.00. The van der Waals surface area contributed by atoms with Crippen molar-refractivity contribution >= 4 is 17.9 Å². The standard InChI is InChI=1S/C59H96O6/c1-4-7-10-13-16-19-22-25-27-29-31-34-37-40-43-46-49-52-58(61)64-55-56(54-63-57(60)51-48-45-42-39-36-33-24-21-18-15-12-9-6-3)65-59(62)53-50-47-44-41-38-35-32-30-28-26-23-20-17-14-11-8-5-2/h9,12,15-21,24-28,31,34,40,43,56H,4-8,10-11,13-14,22-23,29-30,32-33,35-39,41-42,44-55H2,1-3H3/b12-9-,18-15-,19-16-,20-17-,24-21-,27-25-,28-26-,34-31-,43-40-. The number of hydrogen-bond donors (Lipinski definition) is 0. The van der Waals surface area contributed by atoms with E-state index in [9.17, 15) is 14.4 Å². The van der Waals surface area contributed by atoms with Gasteiger partial charge in [-0.1, -0.05) is 207 Å². The van der Waals surface area contributed by atoms with Crippen LogP contribution >= 0.6 is 0 Å². The highest BCUT2D eigenvalue weighted by Gasteiger charge is 2.19. The van der Waals surface area contributed by atoms with E-state index in [0.717, 1.165) is 103 Å². The van der Waals surface area contributed by atoms with Crippen LogP contribution in [0.25, 0.3) is 0 Å². The van der Waals surface area contributed by atoms with Crippen molar-refractivity contribution in [3.05, 3.63) is 109 Å². The molecule has 0 aliphatic heterocycles. The number of carbonyl (C=O) groups excluding carboxylic acids is 3. The van der Waals surface area contributed by atoms with Gasteiger partial charge in [-0.25, -0.2) is 0 Å². The van der Waals surface area contributed by atoms with E-state index in [1.54, 1.807) is 0 Å². The number of carbonyl (C=O) groups is 3. The van der Waals surface area contributed by atoms with Crippen molar-refractivity contribution < 1.29 is 28.6 Å². The van der Waals surface area contributed by atoms with Crippen molar-refractivity contribution in [2.24, 2.45) is 0 Å². The van der Waals surface area contributed by atoms with E-state index in [0.29, 0.717) is 19.3 Å². The number of allylic oxidation sites excluding steroid dienone is 18. The molecule has 6 heteroatoms. The Hall–Kier alpha value is -3.93. The van der Waals surface area contributed by atoms with Gasteiger partial charge in [0.2, 0.25) is 0 Å². The second-order valence-corrected chi connectivity index (χ2v) is 17.1. The van der Waals surface area contributed by atoms with Gasteiger partial charge in [-0.3, -0.25) is 14.4 Å². The second-order valence-electron chi connectivity index (χ2n) is 17.1. The Kier molecular flexibility index (Phi) is 49.5. The summed E-state index contributed by atoms with van der Waals surface area (Å²) in [7, 11) is 0. The van der Waals surface area contributed by atoms with Gasteiger partial charge in [0.15, 0.2) is 6.10 Å². The minimum atomic E-state index is -0.814. The van der Waals surface area contributed by atoms with Crippen LogP contribution in [-0.4, -0.2) is 37.2 Å². The molecule has 0 aliphatic carbocycles. The van der Waals surface area contributed by atoms with Crippen LogP contribution in [0.1, 0.15) is 226 Å². The molecule has 0 aliphatic rings. The molecule has 65 heavy (non-hydrogen) atoms. The van der Waals surface area contributed by atoms with Gasteiger partial charge in [-0.2, -0.15) is 0 Å². The van der Waals surface area contributed by atoms with E-state index in [4.69, 9.17) is 14.2 Å². The number of ether oxygens (including phenoxy) is 3. The molecule has 6 nitrogen and oxygen atoms in total.